The summed E-state index contributed by atoms with van der Waals surface area (Å²) >= 11 is 6.82. The third kappa shape index (κ3) is 3.14. The van der Waals surface area contributed by atoms with E-state index < -0.39 is 0 Å². The van der Waals surface area contributed by atoms with Crippen molar-refractivity contribution in [3.8, 4) is 0 Å². The van der Waals surface area contributed by atoms with Gasteiger partial charge in [0.15, 0.2) is 0 Å². The number of rotatable bonds is 4. The van der Waals surface area contributed by atoms with E-state index in [1.54, 1.807) is 12.4 Å². The van der Waals surface area contributed by atoms with Crippen molar-refractivity contribution in [2.75, 3.05) is 17.7 Å². The second-order valence-electron chi connectivity index (χ2n) is 3.03. The predicted octanol–water partition coefficient (Wildman–Crippen LogP) is 0.929. The van der Waals surface area contributed by atoms with Gasteiger partial charge in [-0.1, -0.05) is 11.3 Å². The topological polar surface area (TPSA) is 95.6 Å². The van der Waals surface area contributed by atoms with Crippen LogP contribution >= 0.6 is 22.9 Å². The third-order valence-corrected chi connectivity index (χ3v) is 2.73. The minimum atomic E-state index is -0.0913. The Bertz CT molecular complexity index is 567. The molecule has 2 heterocycles. The first-order valence-corrected chi connectivity index (χ1v) is 5.93. The maximum absolute atomic E-state index is 10.9. The molecule has 0 amide bonds. The minimum absolute atomic E-state index is 0.0913. The van der Waals surface area contributed by atoms with E-state index in [2.05, 4.69) is 30.6 Å². The lowest BCUT2D eigenvalue weighted by molar-refractivity contribution is 0.980. The summed E-state index contributed by atoms with van der Waals surface area (Å²) < 4.78 is 0. The number of nitrogens with one attached hydrogen (secondary N) is 3. The fourth-order valence-electron chi connectivity index (χ4n) is 1.12. The van der Waals surface area contributed by atoms with Gasteiger partial charge in [-0.15, -0.1) is 0 Å². The molecule has 9 heteroatoms. The van der Waals surface area contributed by atoms with Gasteiger partial charge in [-0.05, 0) is 11.6 Å². The summed E-state index contributed by atoms with van der Waals surface area (Å²) in [6.45, 7) is 0.419. The molecule has 0 saturated heterocycles. The Balaban J connectivity index is 2.08. The van der Waals surface area contributed by atoms with Gasteiger partial charge in [-0.25, -0.2) is 0 Å². The van der Waals surface area contributed by atoms with Crippen molar-refractivity contribution >= 4 is 34.8 Å². The van der Waals surface area contributed by atoms with Gasteiger partial charge in [0.25, 0.3) is 0 Å². The average molecular weight is 273 g/mol. The first kappa shape index (κ1) is 11.8. The van der Waals surface area contributed by atoms with Gasteiger partial charge in [0.05, 0.1) is 6.54 Å². The van der Waals surface area contributed by atoms with Gasteiger partial charge in [-0.2, -0.15) is 15.0 Å². The van der Waals surface area contributed by atoms with Gasteiger partial charge in [0.2, 0.25) is 17.2 Å². The molecule has 2 rings (SSSR count). The summed E-state index contributed by atoms with van der Waals surface area (Å²) in [4.78, 5) is 25.3. The molecular formula is C8H9ClN6OS. The molecule has 0 unspecified atom stereocenters. The highest BCUT2D eigenvalue weighted by Crippen LogP contribution is 2.09. The van der Waals surface area contributed by atoms with E-state index >= 15 is 0 Å². The summed E-state index contributed by atoms with van der Waals surface area (Å²) in [5.41, 5.74) is 0.766. The Morgan fingerprint density at radius 2 is 2.18 bits per heavy atom. The quantitative estimate of drug-likeness (QED) is 0.766. The number of aromatic nitrogens is 4. The molecule has 0 aliphatic carbocycles. The molecule has 2 aromatic heterocycles. The van der Waals surface area contributed by atoms with Crippen LogP contribution in [0.3, 0.4) is 0 Å². The summed E-state index contributed by atoms with van der Waals surface area (Å²) in [7, 11) is 1.69. The molecule has 0 atom stereocenters. The van der Waals surface area contributed by atoms with E-state index in [1.165, 1.54) is 0 Å². The Kier molecular flexibility index (Phi) is 3.55. The van der Waals surface area contributed by atoms with Gasteiger partial charge in [-0.3, -0.25) is 4.79 Å². The zero-order chi connectivity index (χ0) is 12.3. The number of thiazole rings is 1. The van der Waals surface area contributed by atoms with E-state index in [9.17, 15) is 4.79 Å². The van der Waals surface area contributed by atoms with Crippen LogP contribution < -0.4 is 15.5 Å². The summed E-state index contributed by atoms with van der Waals surface area (Å²) in [6.07, 6.45) is 0. The standard InChI is InChI=1S/C8H9ClN6OS/c1-10-6-13-5(9)14-7(15-6)11-2-4-3-17-8(16)12-4/h3H,2H2,1H3,(H,12,16)(H2,10,11,13,14,15). The maximum Gasteiger partial charge on any atom is 0.304 e. The van der Waals surface area contributed by atoms with Gasteiger partial charge in [0, 0.05) is 18.1 Å². The Labute approximate surface area is 105 Å². The lowest BCUT2D eigenvalue weighted by Gasteiger charge is -2.04. The Morgan fingerprint density at radius 3 is 2.82 bits per heavy atom. The first-order chi connectivity index (χ1) is 8.17. The van der Waals surface area contributed by atoms with Gasteiger partial charge >= 0.3 is 4.87 Å². The van der Waals surface area contributed by atoms with Crippen LogP contribution in [0.5, 0.6) is 0 Å². The molecule has 0 aliphatic heterocycles. The van der Waals surface area contributed by atoms with E-state index in [0.717, 1.165) is 17.0 Å². The fraction of sp³-hybridized carbons (Fsp3) is 0.250. The number of nitrogens with zero attached hydrogens (tertiary/aromatic N) is 3. The number of hydrogen-bond donors (Lipinski definition) is 3. The van der Waals surface area contributed by atoms with Crippen LogP contribution in [0.2, 0.25) is 5.28 Å². The Hall–Kier alpha value is -1.67. The molecule has 7 nitrogen and oxygen atoms in total. The first-order valence-electron chi connectivity index (χ1n) is 4.67. The van der Waals surface area contributed by atoms with E-state index in [4.69, 9.17) is 11.6 Å². The van der Waals surface area contributed by atoms with E-state index in [0.29, 0.717) is 18.4 Å². The van der Waals surface area contributed by atoms with Crippen molar-refractivity contribution in [2.24, 2.45) is 0 Å². The molecule has 0 bridgehead atoms. The summed E-state index contributed by atoms with van der Waals surface area (Å²) in [5, 5.41) is 7.54. The number of H-pyrrole nitrogens is 1. The number of halogens is 1. The zero-order valence-corrected chi connectivity index (χ0v) is 10.4. The van der Waals surface area contributed by atoms with Crippen LogP contribution in [-0.4, -0.2) is 27.0 Å². The molecule has 2 aromatic rings. The lowest BCUT2D eigenvalue weighted by Crippen LogP contribution is -2.08. The van der Waals surface area contributed by atoms with Gasteiger partial charge < -0.3 is 15.6 Å². The predicted molar refractivity (Wildman–Crippen MR) is 66.7 cm³/mol. The van der Waals surface area contributed by atoms with E-state index in [-0.39, 0.29) is 10.2 Å². The highest BCUT2D eigenvalue weighted by Gasteiger charge is 2.04. The van der Waals surface area contributed by atoms with Crippen molar-refractivity contribution < 1.29 is 0 Å². The minimum Gasteiger partial charge on any atom is -0.357 e. The number of anilines is 2. The summed E-state index contributed by atoms with van der Waals surface area (Å²) in [6, 6.07) is 0. The third-order valence-electron chi connectivity index (χ3n) is 1.84. The highest BCUT2D eigenvalue weighted by atomic mass is 35.5. The molecule has 17 heavy (non-hydrogen) atoms. The largest absolute Gasteiger partial charge is 0.357 e. The second kappa shape index (κ2) is 5.11. The molecule has 0 spiro atoms. The normalized spacial score (nSPS) is 10.2. The van der Waals surface area contributed by atoms with Crippen molar-refractivity contribution in [1.82, 2.24) is 19.9 Å². The van der Waals surface area contributed by atoms with E-state index in [1.807, 2.05) is 0 Å². The van der Waals surface area contributed by atoms with Crippen LogP contribution in [0.1, 0.15) is 5.69 Å². The second-order valence-corrected chi connectivity index (χ2v) is 4.21. The average Bonchev–Trinajstić information content (AvgIpc) is 2.72. The highest BCUT2D eigenvalue weighted by molar-refractivity contribution is 7.07. The molecule has 0 fully saturated rings. The SMILES string of the molecule is CNc1nc(Cl)nc(NCc2csc(=O)[nH]2)n1. The number of hydrogen-bond acceptors (Lipinski definition) is 7. The molecule has 0 radical (unpaired) electrons. The fourth-order valence-corrected chi connectivity index (χ4v) is 1.86. The maximum atomic E-state index is 10.9. The van der Waals surface area contributed by atoms with Crippen molar-refractivity contribution in [2.45, 2.75) is 6.54 Å². The van der Waals surface area contributed by atoms with Gasteiger partial charge in [0.1, 0.15) is 0 Å². The Morgan fingerprint density at radius 1 is 1.41 bits per heavy atom. The molecule has 3 N–H and O–H groups in total. The summed E-state index contributed by atoms with van der Waals surface area (Å²) in [5.74, 6) is 0.729. The monoisotopic (exact) mass is 272 g/mol. The van der Waals surface area contributed by atoms with Crippen LogP contribution in [-0.2, 0) is 6.54 Å². The zero-order valence-electron chi connectivity index (χ0n) is 8.82. The molecule has 0 saturated carbocycles. The smallest absolute Gasteiger partial charge is 0.304 e. The molecular weight excluding hydrogens is 264 g/mol. The molecule has 0 aliphatic rings. The number of aromatic amines is 1. The van der Waals surface area contributed by atoms with Crippen LogP contribution in [0.4, 0.5) is 11.9 Å². The van der Waals surface area contributed by atoms with Crippen molar-refractivity contribution in [1.29, 1.82) is 0 Å². The lowest BCUT2D eigenvalue weighted by atomic mass is 10.5. The van der Waals surface area contributed by atoms with Crippen molar-refractivity contribution in [3.63, 3.8) is 0 Å². The van der Waals surface area contributed by atoms with Crippen LogP contribution in [0.15, 0.2) is 10.2 Å². The van der Waals surface area contributed by atoms with Crippen molar-refractivity contribution in [3.05, 3.63) is 26.0 Å². The molecule has 0 aromatic carbocycles. The molecule has 90 valence electrons. The van der Waals surface area contributed by atoms with Crippen LogP contribution in [0, 0.1) is 0 Å². The van der Waals surface area contributed by atoms with Crippen LogP contribution in [0.25, 0.3) is 0 Å².